The number of H-pyrrole nitrogens is 1. The Morgan fingerprint density at radius 1 is 1.08 bits per heavy atom. The smallest absolute Gasteiger partial charge is 0.220 e. The lowest BCUT2D eigenvalue weighted by atomic mass is 9.99. The van der Waals surface area contributed by atoms with E-state index in [0.717, 1.165) is 70.7 Å². The standard InChI is InChI=1S/C26H27N9O/c1-36-20-3-2-17-10-16(11-19-4-7-28-26(27)34-19)12-22(21(17)13-20)33-18-5-8-35(9-6-18)25-23-24(30-14-29-23)31-15-32-25/h2-4,7,10,12-15,18,33H,5-6,8-9,11H2,1H3,(H2,27,28,34)(H,29,30,31,32). The third-order valence-corrected chi connectivity index (χ3v) is 6.70. The van der Waals surface area contributed by atoms with E-state index in [4.69, 9.17) is 10.5 Å². The molecule has 1 fully saturated rings. The first-order valence-electron chi connectivity index (χ1n) is 12.0. The Morgan fingerprint density at radius 2 is 1.97 bits per heavy atom. The topological polar surface area (TPSA) is 131 Å². The molecule has 0 unspecified atom stereocenters. The van der Waals surface area contributed by atoms with Crippen LogP contribution in [0.2, 0.25) is 0 Å². The number of aromatic nitrogens is 6. The second-order valence-corrected chi connectivity index (χ2v) is 9.02. The Hall–Kier alpha value is -4.47. The number of nitrogens with two attached hydrogens (primary N) is 1. The molecule has 10 heteroatoms. The molecule has 0 radical (unpaired) electrons. The van der Waals surface area contributed by atoms with Crippen molar-refractivity contribution in [1.82, 2.24) is 29.9 Å². The van der Waals surface area contributed by atoms with E-state index in [1.165, 1.54) is 0 Å². The van der Waals surface area contributed by atoms with Gasteiger partial charge >= 0.3 is 0 Å². The maximum absolute atomic E-state index is 5.80. The predicted molar refractivity (Wildman–Crippen MR) is 140 cm³/mol. The van der Waals surface area contributed by atoms with Crippen molar-refractivity contribution < 1.29 is 4.74 Å². The summed E-state index contributed by atoms with van der Waals surface area (Å²) in [5.41, 5.74) is 10.5. The number of nitrogens with one attached hydrogen (secondary N) is 2. The fourth-order valence-corrected chi connectivity index (χ4v) is 4.92. The lowest BCUT2D eigenvalue weighted by molar-refractivity contribution is 0.415. The van der Waals surface area contributed by atoms with Crippen LogP contribution >= 0.6 is 0 Å². The van der Waals surface area contributed by atoms with Crippen molar-refractivity contribution in [2.75, 3.05) is 36.1 Å². The molecule has 0 atom stereocenters. The van der Waals surface area contributed by atoms with Gasteiger partial charge in [0.15, 0.2) is 11.5 Å². The van der Waals surface area contributed by atoms with Gasteiger partial charge in [0.25, 0.3) is 0 Å². The van der Waals surface area contributed by atoms with E-state index in [0.29, 0.717) is 24.1 Å². The molecule has 36 heavy (non-hydrogen) atoms. The van der Waals surface area contributed by atoms with E-state index in [9.17, 15) is 0 Å². The molecule has 0 saturated carbocycles. The highest BCUT2D eigenvalue weighted by molar-refractivity contribution is 5.95. The predicted octanol–water partition coefficient (Wildman–Crippen LogP) is 3.56. The first-order chi connectivity index (χ1) is 17.7. The molecule has 1 aliphatic heterocycles. The van der Waals surface area contributed by atoms with Crippen LogP contribution in [0.5, 0.6) is 5.75 Å². The van der Waals surface area contributed by atoms with Crippen molar-refractivity contribution in [1.29, 1.82) is 0 Å². The zero-order chi connectivity index (χ0) is 24.5. The van der Waals surface area contributed by atoms with Gasteiger partial charge in [-0.1, -0.05) is 12.1 Å². The first kappa shape index (κ1) is 22.0. The Bertz CT molecular complexity index is 1520. The Morgan fingerprint density at radius 3 is 2.81 bits per heavy atom. The van der Waals surface area contributed by atoms with Gasteiger partial charge in [-0.15, -0.1) is 0 Å². The molecule has 6 rings (SSSR count). The molecule has 5 aromatic rings. The lowest BCUT2D eigenvalue weighted by Gasteiger charge is -2.34. The highest BCUT2D eigenvalue weighted by Gasteiger charge is 2.23. The van der Waals surface area contributed by atoms with Gasteiger partial charge in [-0.25, -0.2) is 24.9 Å². The summed E-state index contributed by atoms with van der Waals surface area (Å²) < 4.78 is 5.51. The second-order valence-electron chi connectivity index (χ2n) is 9.02. The van der Waals surface area contributed by atoms with Gasteiger partial charge in [-0.2, -0.15) is 0 Å². The molecule has 0 bridgehead atoms. The molecule has 3 aromatic heterocycles. The number of methoxy groups -OCH3 is 1. The minimum atomic E-state index is 0.291. The number of nitrogens with zero attached hydrogens (tertiary/aromatic N) is 6. The van der Waals surface area contributed by atoms with E-state index >= 15 is 0 Å². The van der Waals surface area contributed by atoms with Crippen LogP contribution < -0.4 is 20.7 Å². The van der Waals surface area contributed by atoms with E-state index in [1.807, 2.05) is 12.1 Å². The van der Waals surface area contributed by atoms with E-state index in [1.54, 1.807) is 26.0 Å². The molecule has 0 aliphatic carbocycles. The van der Waals surface area contributed by atoms with Crippen LogP contribution in [0.15, 0.2) is 55.2 Å². The van der Waals surface area contributed by atoms with Crippen molar-refractivity contribution in [3.8, 4) is 5.75 Å². The van der Waals surface area contributed by atoms with Crippen LogP contribution in [0.3, 0.4) is 0 Å². The summed E-state index contributed by atoms with van der Waals surface area (Å²) in [6.07, 6.45) is 7.59. The largest absolute Gasteiger partial charge is 0.497 e. The molecule has 0 spiro atoms. The van der Waals surface area contributed by atoms with Gasteiger partial charge < -0.3 is 25.7 Å². The van der Waals surface area contributed by atoms with Gasteiger partial charge in [0.1, 0.15) is 17.6 Å². The quantitative estimate of drug-likeness (QED) is 0.333. The fourth-order valence-electron chi connectivity index (χ4n) is 4.92. The van der Waals surface area contributed by atoms with Crippen LogP contribution in [0.25, 0.3) is 21.9 Å². The average Bonchev–Trinajstić information content (AvgIpc) is 3.38. The molecule has 10 nitrogen and oxygen atoms in total. The molecule has 1 aliphatic rings. The number of rotatable bonds is 6. The summed E-state index contributed by atoms with van der Waals surface area (Å²) in [5.74, 6) is 2.04. The molecule has 4 heterocycles. The van der Waals surface area contributed by atoms with E-state index < -0.39 is 0 Å². The average molecular weight is 482 g/mol. The molecule has 182 valence electrons. The molecule has 0 amide bonds. The fraction of sp³-hybridized carbons (Fsp3) is 0.269. The number of fused-ring (bicyclic) bond motifs is 2. The van der Waals surface area contributed by atoms with Gasteiger partial charge in [0, 0.05) is 42.8 Å². The minimum absolute atomic E-state index is 0.291. The number of hydrogen-bond donors (Lipinski definition) is 3. The number of piperidine rings is 1. The van der Waals surface area contributed by atoms with Crippen molar-refractivity contribution in [3.63, 3.8) is 0 Å². The van der Waals surface area contributed by atoms with Gasteiger partial charge in [0.05, 0.1) is 19.1 Å². The summed E-state index contributed by atoms with van der Waals surface area (Å²) >= 11 is 0. The Balaban J connectivity index is 1.25. The number of aromatic amines is 1. The highest BCUT2D eigenvalue weighted by atomic mass is 16.5. The number of ether oxygens (including phenoxy) is 1. The van der Waals surface area contributed by atoms with E-state index in [2.05, 4.69) is 64.4 Å². The van der Waals surface area contributed by atoms with Crippen molar-refractivity contribution >= 4 is 39.4 Å². The first-order valence-corrected chi connectivity index (χ1v) is 12.0. The number of benzene rings is 2. The van der Waals surface area contributed by atoms with Crippen LogP contribution in [0.4, 0.5) is 17.5 Å². The maximum atomic E-state index is 5.80. The van der Waals surface area contributed by atoms with Crippen molar-refractivity contribution in [3.05, 3.63) is 66.5 Å². The molecule has 1 saturated heterocycles. The summed E-state index contributed by atoms with van der Waals surface area (Å²) in [4.78, 5) is 26.9. The lowest BCUT2D eigenvalue weighted by Crippen LogP contribution is -2.39. The van der Waals surface area contributed by atoms with Gasteiger partial charge in [-0.3, -0.25) is 0 Å². The Labute approximate surface area is 208 Å². The van der Waals surface area contributed by atoms with Crippen LogP contribution in [0.1, 0.15) is 24.1 Å². The summed E-state index contributed by atoms with van der Waals surface area (Å²) in [6, 6.07) is 12.8. The third-order valence-electron chi connectivity index (χ3n) is 6.70. The normalized spacial score (nSPS) is 14.4. The highest BCUT2D eigenvalue weighted by Crippen LogP contribution is 2.32. The SMILES string of the molecule is COc1ccc2cc(Cc3ccnc(N)n3)cc(NC3CCN(c4ncnc5nc[nH]c45)CC3)c2c1. The number of nitrogen functional groups attached to an aromatic ring is 1. The summed E-state index contributed by atoms with van der Waals surface area (Å²) in [5, 5.41) is 6.11. The maximum Gasteiger partial charge on any atom is 0.220 e. The third kappa shape index (κ3) is 4.33. The molecular weight excluding hydrogens is 454 g/mol. The monoisotopic (exact) mass is 481 g/mol. The molecule has 4 N–H and O–H groups in total. The zero-order valence-electron chi connectivity index (χ0n) is 20.0. The number of imidazole rings is 1. The van der Waals surface area contributed by atoms with E-state index in [-0.39, 0.29) is 0 Å². The van der Waals surface area contributed by atoms with Crippen molar-refractivity contribution in [2.24, 2.45) is 0 Å². The second kappa shape index (κ2) is 9.29. The number of anilines is 3. The van der Waals surface area contributed by atoms with Crippen LogP contribution in [-0.2, 0) is 6.42 Å². The minimum Gasteiger partial charge on any atom is -0.497 e. The van der Waals surface area contributed by atoms with Crippen molar-refractivity contribution in [2.45, 2.75) is 25.3 Å². The van der Waals surface area contributed by atoms with Gasteiger partial charge in [0.2, 0.25) is 5.95 Å². The molecular formula is C26H27N9O. The number of hydrogen-bond acceptors (Lipinski definition) is 9. The Kier molecular flexibility index (Phi) is 5.68. The zero-order valence-corrected chi connectivity index (χ0v) is 20.0. The van der Waals surface area contributed by atoms with Crippen LogP contribution in [0, 0.1) is 0 Å². The summed E-state index contributed by atoms with van der Waals surface area (Å²) in [7, 11) is 1.70. The summed E-state index contributed by atoms with van der Waals surface area (Å²) in [6.45, 7) is 1.79. The molecule has 2 aromatic carbocycles. The van der Waals surface area contributed by atoms with Crippen LogP contribution in [-0.4, -0.2) is 56.1 Å². The van der Waals surface area contributed by atoms with Gasteiger partial charge in [-0.05, 0) is 48.1 Å².